The van der Waals surface area contributed by atoms with Gasteiger partial charge in [0.2, 0.25) is 5.91 Å². The second kappa shape index (κ2) is 9.01. The van der Waals surface area contributed by atoms with Crippen molar-refractivity contribution >= 4 is 36.3 Å². The van der Waals surface area contributed by atoms with Crippen LogP contribution in [0, 0.1) is 0 Å². The monoisotopic (exact) mass is 450 g/mol. The molecule has 8 nitrogen and oxygen atoms in total. The Bertz CT molecular complexity index is 1350. The van der Waals surface area contributed by atoms with Gasteiger partial charge in [0.1, 0.15) is 23.0 Å². The van der Waals surface area contributed by atoms with Crippen molar-refractivity contribution < 1.29 is 9.53 Å². The van der Waals surface area contributed by atoms with Gasteiger partial charge in [0, 0.05) is 18.7 Å². The molecule has 1 fully saturated rings. The standard InChI is InChI=1S/C25H23BN6O2/c1-2-20(33)31-14-6-7-17(15-31)32-24-21(23(27)28-25(26)29-24)22(30-32)16-10-12-19(13-11-16)34-18-8-4-3-5-9-18/h2-5,8-13,17H,1,6-7,14-15H2,(H2,27,28,29)/t17-/m1/s1. The number of likely N-dealkylation sites (tertiary alicyclic amines) is 1. The average Bonchev–Trinajstić information content (AvgIpc) is 3.24. The SMILES string of the molecule is [B]c1nc(N)c2c(-c3ccc(Oc4ccccc4)cc3)nn([C@@H]3CCCN(C(=O)C=C)C3)c2n1. The lowest BCUT2D eigenvalue weighted by molar-refractivity contribution is -0.127. The minimum atomic E-state index is -0.0935. The lowest BCUT2D eigenvalue weighted by Crippen LogP contribution is -2.40. The van der Waals surface area contributed by atoms with Crippen LogP contribution in [0.5, 0.6) is 11.5 Å². The second-order valence-corrected chi connectivity index (χ2v) is 8.18. The Balaban J connectivity index is 1.53. The zero-order chi connectivity index (χ0) is 23.7. The summed E-state index contributed by atoms with van der Waals surface area (Å²) in [4.78, 5) is 22.6. The zero-order valence-electron chi connectivity index (χ0n) is 18.6. The molecular weight excluding hydrogens is 427 g/mol. The highest BCUT2D eigenvalue weighted by Gasteiger charge is 2.28. The Morgan fingerprint density at radius 1 is 1.12 bits per heavy atom. The molecule has 1 saturated heterocycles. The van der Waals surface area contributed by atoms with Gasteiger partial charge < -0.3 is 15.4 Å². The number of piperidine rings is 1. The highest BCUT2D eigenvalue weighted by molar-refractivity contribution is 6.29. The summed E-state index contributed by atoms with van der Waals surface area (Å²) in [5.74, 6) is 1.64. The van der Waals surface area contributed by atoms with Gasteiger partial charge in [0.05, 0.1) is 17.2 Å². The fourth-order valence-corrected chi connectivity index (χ4v) is 4.33. The van der Waals surface area contributed by atoms with Crippen molar-refractivity contribution in [1.29, 1.82) is 0 Å². The Hall–Kier alpha value is -4.14. The smallest absolute Gasteiger partial charge is 0.246 e. The Labute approximate surface area is 198 Å². The van der Waals surface area contributed by atoms with Crippen LogP contribution in [0.25, 0.3) is 22.3 Å². The maximum absolute atomic E-state index is 12.2. The molecule has 1 aliphatic heterocycles. The number of hydrogen-bond donors (Lipinski definition) is 1. The number of hydrogen-bond acceptors (Lipinski definition) is 6. The summed E-state index contributed by atoms with van der Waals surface area (Å²) < 4.78 is 7.73. The van der Waals surface area contributed by atoms with Gasteiger partial charge in [-0.05, 0) is 55.3 Å². The van der Waals surface area contributed by atoms with E-state index in [1.807, 2.05) is 59.3 Å². The molecule has 0 saturated carbocycles. The van der Waals surface area contributed by atoms with Crippen LogP contribution in [-0.2, 0) is 4.79 Å². The van der Waals surface area contributed by atoms with E-state index in [0.717, 1.165) is 24.2 Å². The van der Waals surface area contributed by atoms with E-state index < -0.39 is 0 Å². The number of aromatic nitrogens is 4. The number of carbonyl (C=O) groups excluding carboxylic acids is 1. The highest BCUT2D eigenvalue weighted by Crippen LogP contribution is 2.34. The summed E-state index contributed by atoms with van der Waals surface area (Å²) in [5.41, 5.74) is 8.43. The number of nitrogens with zero attached hydrogens (tertiary/aromatic N) is 5. The average molecular weight is 450 g/mol. The summed E-state index contributed by atoms with van der Waals surface area (Å²) in [6.07, 6.45) is 3.04. The molecule has 168 valence electrons. The van der Waals surface area contributed by atoms with Gasteiger partial charge in [0.15, 0.2) is 13.5 Å². The van der Waals surface area contributed by atoms with E-state index in [9.17, 15) is 4.79 Å². The number of nitrogens with two attached hydrogens (primary N) is 1. The van der Waals surface area contributed by atoms with E-state index in [1.54, 1.807) is 4.90 Å². The lowest BCUT2D eigenvalue weighted by Gasteiger charge is -2.32. The van der Waals surface area contributed by atoms with Crippen molar-refractivity contribution in [3.8, 4) is 22.8 Å². The van der Waals surface area contributed by atoms with Crippen molar-refractivity contribution in [3.63, 3.8) is 0 Å². The van der Waals surface area contributed by atoms with Crippen molar-refractivity contribution in [1.82, 2.24) is 24.6 Å². The Morgan fingerprint density at radius 3 is 2.59 bits per heavy atom. The summed E-state index contributed by atoms with van der Waals surface area (Å²) in [6.45, 7) is 4.81. The van der Waals surface area contributed by atoms with E-state index in [1.165, 1.54) is 6.08 Å². The molecule has 3 heterocycles. The predicted molar refractivity (Wildman–Crippen MR) is 132 cm³/mol. The number of benzene rings is 2. The second-order valence-electron chi connectivity index (χ2n) is 8.18. The number of rotatable bonds is 5. The number of nitrogen functional groups attached to an aromatic ring is 1. The van der Waals surface area contributed by atoms with Crippen molar-refractivity contribution in [2.24, 2.45) is 0 Å². The third kappa shape index (κ3) is 4.12. The van der Waals surface area contributed by atoms with Crippen LogP contribution in [-0.4, -0.2) is 51.5 Å². The third-order valence-electron chi connectivity index (χ3n) is 5.93. The molecule has 5 rings (SSSR count). The first-order valence-corrected chi connectivity index (χ1v) is 11.1. The molecule has 4 aromatic rings. The van der Waals surface area contributed by atoms with Crippen molar-refractivity contribution in [3.05, 3.63) is 67.3 Å². The molecule has 2 N–H and O–H groups in total. The molecule has 1 aliphatic rings. The first-order chi connectivity index (χ1) is 16.5. The fourth-order valence-electron chi connectivity index (χ4n) is 4.33. The minimum Gasteiger partial charge on any atom is -0.457 e. The van der Waals surface area contributed by atoms with Crippen LogP contribution < -0.4 is 16.2 Å². The maximum atomic E-state index is 12.2. The lowest BCUT2D eigenvalue weighted by atomic mass is 10.1. The Morgan fingerprint density at radius 2 is 1.85 bits per heavy atom. The van der Waals surface area contributed by atoms with Crippen LogP contribution in [0.2, 0.25) is 0 Å². The van der Waals surface area contributed by atoms with E-state index in [0.29, 0.717) is 35.6 Å². The summed E-state index contributed by atoms with van der Waals surface area (Å²) in [6, 6.07) is 17.1. The van der Waals surface area contributed by atoms with E-state index in [-0.39, 0.29) is 23.5 Å². The van der Waals surface area contributed by atoms with E-state index in [4.69, 9.17) is 23.4 Å². The van der Waals surface area contributed by atoms with Gasteiger partial charge in [-0.2, -0.15) is 5.10 Å². The van der Waals surface area contributed by atoms with Gasteiger partial charge in [-0.3, -0.25) is 4.79 Å². The van der Waals surface area contributed by atoms with Gasteiger partial charge in [-0.15, -0.1) is 0 Å². The van der Waals surface area contributed by atoms with Crippen LogP contribution >= 0.6 is 0 Å². The van der Waals surface area contributed by atoms with Crippen molar-refractivity contribution in [2.75, 3.05) is 18.8 Å². The molecule has 34 heavy (non-hydrogen) atoms. The van der Waals surface area contributed by atoms with E-state index in [2.05, 4.69) is 16.5 Å². The number of fused-ring (bicyclic) bond motifs is 1. The van der Waals surface area contributed by atoms with Crippen molar-refractivity contribution in [2.45, 2.75) is 18.9 Å². The molecule has 2 radical (unpaired) electrons. The van der Waals surface area contributed by atoms with E-state index >= 15 is 0 Å². The largest absolute Gasteiger partial charge is 0.457 e. The molecule has 2 aromatic heterocycles. The van der Waals surface area contributed by atoms with Gasteiger partial charge >= 0.3 is 0 Å². The number of amides is 1. The fraction of sp³-hybridized carbons (Fsp3) is 0.200. The summed E-state index contributed by atoms with van der Waals surface area (Å²) >= 11 is 0. The summed E-state index contributed by atoms with van der Waals surface area (Å²) in [7, 11) is 5.92. The molecule has 0 aliphatic carbocycles. The van der Waals surface area contributed by atoms with Crippen LogP contribution in [0.15, 0.2) is 67.3 Å². The highest BCUT2D eigenvalue weighted by atomic mass is 16.5. The number of anilines is 1. The molecule has 0 spiro atoms. The van der Waals surface area contributed by atoms with Gasteiger partial charge in [-0.1, -0.05) is 24.8 Å². The number of carbonyl (C=O) groups is 1. The first-order valence-electron chi connectivity index (χ1n) is 11.1. The van der Waals surface area contributed by atoms with Gasteiger partial charge in [-0.25, -0.2) is 14.6 Å². The maximum Gasteiger partial charge on any atom is 0.246 e. The predicted octanol–water partition coefficient (Wildman–Crippen LogP) is 3.01. The molecule has 1 amide bonds. The Kier molecular flexibility index (Phi) is 5.75. The van der Waals surface area contributed by atoms with Crippen LogP contribution in [0.3, 0.4) is 0 Å². The minimum absolute atomic E-state index is 0.0664. The number of ether oxygens (including phenoxy) is 1. The first kappa shape index (κ1) is 21.7. The van der Waals surface area contributed by atoms with Crippen LogP contribution in [0.4, 0.5) is 5.82 Å². The summed E-state index contributed by atoms with van der Waals surface area (Å²) in [5, 5.41) is 5.53. The molecule has 0 bridgehead atoms. The molecule has 2 aromatic carbocycles. The molecular formula is C25H23BN6O2. The molecule has 9 heteroatoms. The van der Waals surface area contributed by atoms with Gasteiger partial charge in [0.25, 0.3) is 0 Å². The normalized spacial score (nSPS) is 15.9. The molecule has 1 atom stereocenters. The number of para-hydroxylation sites is 1. The molecule has 0 unspecified atom stereocenters. The topological polar surface area (TPSA) is 99.2 Å². The zero-order valence-corrected chi connectivity index (χ0v) is 18.6. The third-order valence-corrected chi connectivity index (χ3v) is 5.93. The quantitative estimate of drug-likeness (QED) is 0.371. The van der Waals surface area contributed by atoms with Crippen LogP contribution in [0.1, 0.15) is 18.9 Å².